The van der Waals surface area contributed by atoms with Crippen LogP contribution >= 0.6 is 0 Å². The monoisotopic (exact) mass is 362 g/mol. The van der Waals surface area contributed by atoms with Crippen LogP contribution in [0.15, 0.2) is 110 Å². The minimum atomic E-state index is 0.415. The lowest BCUT2D eigenvalue weighted by Gasteiger charge is -2.53. The highest BCUT2D eigenvalue weighted by Gasteiger charge is 2.52. The van der Waals surface area contributed by atoms with Crippen LogP contribution in [0, 0.1) is 0 Å². The number of benzene rings is 2. The van der Waals surface area contributed by atoms with E-state index >= 15 is 0 Å². The van der Waals surface area contributed by atoms with Crippen molar-refractivity contribution >= 4 is 0 Å². The summed E-state index contributed by atoms with van der Waals surface area (Å²) in [7, 11) is 0. The smallest absolute Gasteiger partial charge is 0.0270 e. The summed E-state index contributed by atoms with van der Waals surface area (Å²) in [5.41, 5.74) is 5.53. The van der Waals surface area contributed by atoms with Gasteiger partial charge in [0.2, 0.25) is 0 Å². The van der Waals surface area contributed by atoms with Crippen molar-refractivity contribution < 1.29 is 0 Å². The van der Waals surface area contributed by atoms with Gasteiger partial charge in [-0.1, -0.05) is 60.7 Å². The molecule has 2 aromatic heterocycles. The molecule has 2 aromatic carbocycles. The Morgan fingerprint density at radius 2 is 0.643 bits per heavy atom. The van der Waals surface area contributed by atoms with Crippen molar-refractivity contribution in [2.45, 2.75) is 23.7 Å². The molecule has 2 heterocycles. The van der Waals surface area contributed by atoms with Crippen LogP contribution in [0.3, 0.4) is 0 Å². The lowest BCUT2D eigenvalue weighted by molar-refractivity contribution is 0.228. The number of rotatable bonds is 4. The second-order valence-electron chi connectivity index (χ2n) is 7.49. The summed E-state index contributed by atoms with van der Waals surface area (Å²) in [4.78, 5) is 8.50. The number of aromatic nitrogens is 2. The molecular weight excluding hydrogens is 340 g/mol. The predicted molar refractivity (Wildman–Crippen MR) is 112 cm³/mol. The normalized spacial score (nSPS) is 23.7. The van der Waals surface area contributed by atoms with Crippen LogP contribution in [0.25, 0.3) is 0 Å². The molecule has 0 radical (unpaired) electrons. The van der Waals surface area contributed by atoms with Crippen molar-refractivity contribution in [2.24, 2.45) is 0 Å². The summed E-state index contributed by atoms with van der Waals surface area (Å²) in [6, 6.07) is 30.6. The van der Waals surface area contributed by atoms with Gasteiger partial charge < -0.3 is 0 Å². The third-order valence-electron chi connectivity index (χ3n) is 6.10. The molecule has 5 rings (SSSR count). The van der Waals surface area contributed by atoms with Gasteiger partial charge in [0.15, 0.2) is 0 Å². The van der Waals surface area contributed by atoms with E-state index in [1.54, 1.807) is 0 Å². The van der Waals surface area contributed by atoms with E-state index in [1.807, 2.05) is 24.8 Å². The maximum Gasteiger partial charge on any atom is 0.0270 e. The van der Waals surface area contributed by atoms with E-state index in [9.17, 15) is 0 Å². The zero-order valence-electron chi connectivity index (χ0n) is 15.6. The molecule has 4 aromatic rings. The Balaban J connectivity index is 1.67. The first-order valence-corrected chi connectivity index (χ1v) is 9.83. The third kappa shape index (κ3) is 2.91. The van der Waals surface area contributed by atoms with E-state index in [0.29, 0.717) is 23.7 Å². The molecular formula is C26H22N2. The quantitative estimate of drug-likeness (QED) is 0.450. The Kier molecular flexibility index (Phi) is 4.46. The van der Waals surface area contributed by atoms with Gasteiger partial charge in [0.05, 0.1) is 0 Å². The molecule has 1 aliphatic rings. The Morgan fingerprint density at radius 1 is 0.357 bits per heavy atom. The molecule has 0 spiro atoms. The van der Waals surface area contributed by atoms with Crippen molar-refractivity contribution in [3.8, 4) is 0 Å². The summed E-state index contributed by atoms with van der Waals surface area (Å²) in [6.07, 6.45) is 7.65. The summed E-state index contributed by atoms with van der Waals surface area (Å²) in [5, 5.41) is 0. The van der Waals surface area contributed by atoms with Crippen molar-refractivity contribution in [3.05, 3.63) is 132 Å². The van der Waals surface area contributed by atoms with Gasteiger partial charge in [0, 0.05) is 24.8 Å². The molecule has 2 nitrogen and oxygen atoms in total. The van der Waals surface area contributed by atoms with E-state index in [1.165, 1.54) is 22.3 Å². The Labute approximate surface area is 165 Å². The average molecular weight is 362 g/mol. The van der Waals surface area contributed by atoms with Crippen molar-refractivity contribution in [1.29, 1.82) is 0 Å². The Hall–Kier alpha value is -3.26. The van der Waals surface area contributed by atoms with Gasteiger partial charge >= 0.3 is 0 Å². The maximum atomic E-state index is 4.25. The first-order chi connectivity index (χ1) is 13.9. The third-order valence-corrected chi connectivity index (χ3v) is 6.10. The minimum absolute atomic E-state index is 0.415. The number of hydrogen-bond donors (Lipinski definition) is 0. The van der Waals surface area contributed by atoms with Crippen LogP contribution in [-0.4, -0.2) is 9.97 Å². The molecule has 1 saturated carbocycles. The lowest BCUT2D eigenvalue weighted by Crippen LogP contribution is -2.40. The van der Waals surface area contributed by atoms with E-state index < -0.39 is 0 Å². The molecule has 4 atom stereocenters. The molecule has 1 fully saturated rings. The largest absolute Gasteiger partial charge is 0.265 e. The molecule has 28 heavy (non-hydrogen) atoms. The van der Waals surface area contributed by atoms with Gasteiger partial charge in [-0.2, -0.15) is 0 Å². The van der Waals surface area contributed by atoms with Crippen molar-refractivity contribution in [2.75, 3.05) is 0 Å². The summed E-state index contributed by atoms with van der Waals surface area (Å²) in [6.45, 7) is 0. The number of nitrogens with zero attached hydrogens (tertiary/aromatic N) is 2. The molecule has 0 aliphatic heterocycles. The van der Waals surface area contributed by atoms with Gasteiger partial charge in [-0.25, -0.2) is 0 Å². The first-order valence-electron chi connectivity index (χ1n) is 9.83. The number of pyridine rings is 2. The van der Waals surface area contributed by atoms with Crippen LogP contribution < -0.4 is 0 Å². The van der Waals surface area contributed by atoms with Crippen LogP contribution in [0.1, 0.15) is 45.9 Å². The molecule has 0 bridgehead atoms. The van der Waals surface area contributed by atoms with Crippen LogP contribution in [-0.2, 0) is 0 Å². The fourth-order valence-electron chi connectivity index (χ4n) is 4.93. The molecule has 0 saturated heterocycles. The molecule has 0 unspecified atom stereocenters. The molecule has 0 amide bonds. The predicted octanol–water partition coefficient (Wildman–Crippen LogP) is 5.93. The minimum Gasteiger partial charge on any atom is -0.265 e. The second kappa shape index (κ2) is 7.40. The van der Waals surface area contributed by atoms with Crippen LogP contribution in [0.2, 0.25) is 0 Å². The highest BCUT2D eigenvalue weighted by Crippen LogP contribution is 2.66. The highest BCUT2D eigenvalue weighted by molar-refractivity contribution is 5.47. The summed E-state index contributed by atoms with van der Waals surface area (Å²) in [5.74, 6) is 1.70. The van der Waals surface area contributed by atoms with E-state index in [0.717, 1.165) is 0 Å². The standard InChI is InChI=1S/C26H22N2/c1-3-7-19(8-4-1)23-24(20-9-5-2-6-10-20)26(22-13-17-28-18-14-22)25(23)21-11-15-27-16-12-21/h1-18,23-26H/t23-,24-,25+,26+/m0/s1. The lowest BCUT2D eigenvalue weighted by atomic mass is 9.49. The summed E-state index contributed by atoms with van der Waals surface area (Å²) >= 11 is 0. The van der Waals surface area contributed by atoms with Crippen molar-refractivity contribution in [3.63, 3.8) is 0 Å². The van der Waals surface area contributed by atoms with Crippen LogP contribution in [0.4, 0.5) is 0 Å². The van der Waals surface area contributed by atoms with E-state index in [-0.39, 0.29) is 0 Å². The fourth-order valence-corrected chi connectivity index (χ4v) is 4.93. The van der Waals surface area contributed by atoms with E-state index in [2.05, 4.69) is 94.9 Å². The van der Waals surface area contributed by atoms with Gasteiger partial charge in [-0.05, 0) is 70.2 Å². The van der Waals surface area contributed by atoms with Gasteiger partial charge in [0.1, 0.15) is 0 Å². The molecule has 2 heteroatoms. The average Bonchev–Trinajstić information content (AvgIpc) is 2.76. The van der Waals surface area contributed by atoms with Gasteiger partial charge in [-0.15, -0.1) is 0 Å². The molecule has 1 aliphatic carbocycles. The Morgan fingerprint density at radius 3 is 0.964 bits per heavy atom. The maximum absolute atomic E-state index is 4.25. The first kappa shape index (κ1) is 16.9. The second-order valence-corrected chi connectivity index (χ2v) is 7.49. The SMILES string of the molecule is c1ccc([C@H]2[C@H](c3ccccc3)[C@@H](c3ccncc3)[C@@H]2c2ccncc2)cc1. The summed E-state index contributed by atoms with van der Waals surface area (Å²) < 4.78 is 0. The van der Waals surface area contributed by atoms with Gasteiger partial charge in [0.25, 0.3) is 0 Å². The van der Waals surface area contributed by atoms with Crippen LogP contribution in [0.5, 0.6) is 0 Å². The fraction of sp³-hybridized carbons (Fsp3) is 0.154. The Bertz CT molecular complexity index is 835. The topological polar surface area (TPSA) is 25.8 Å². The highest BCUT2D eigenvalue weighted by atomic mass is 14.6. The van der Waals surface area contributed by atoms with E-state index in [4.69, 9.17) is 0 Å². The number of hydrogen-bond acceptors (Lipinski definition) is 2. The zero-order chi connectivity index (χ0) is 18.8. The molecule has 0 N–H and O–H groups in total. The zero-order valence-corrected chi connectivity index (χ0v) is 15.6. The van der Waals surface area contributed by atoms with Crippen molar-refractivity contribution in [1.82, 2.24) is 9.97 Å². The van der Waals surface area contributed by atoms with Gasteiger partial charge in [-0.3, -0.25) is 9.97 Å². The molecule has 136 valence electrons.